The number of hydrogen-bond donors (Lipinski definition) is 0. The van der Waals surface area contributed by atoms with Gasteiger partial charge in [-0.05, 0) is 31.7 Å². The van der Waals surface area contributed by atoms with E-state index in [0.29, 0.717) is 12.5 Å². The first-order valence-electron chi connectivity index (χ1n) is 5.67. The van der Waals surface area contributed by atoms with Crippen molar-refractivity contribution >= 4 is 0 Å². The van der Waals surface area contributed by atoms with E-state index in [0.717, 1.165) is 6.42 Å². The molecule has 1 nitrogen and oxygen atoms in total. The maximum atomic E-state index is 5.93. The standard InChI is InChI=1S/C14H22O/c1-12(2)10-14(3,4)15-11-13-8-6-5-7-9-13/h5-9,12H,10-11H2,1-4H3. The summed E-state index contributed by atoms with van der Waals surface area (Å²) >= 11 is 0. The summed E-state index contributed by atoms with van der Waals surface area (Å²) in [6.07, 6.45) is 1.10. The molecule has 0 amide bonds. The summed E-state index contributed by atoms with van der Waals surface area (Å²) < 4.78 is 5.93. The van der Waals surface area contributed by atoms with Crippen LogP contribution in [0.2, 0.25) is 0 Å². The highest BCUT2D eigenvalue weighted by Gasteiger charge is 2.19. The third-order valence-corrected chi connectivity index (χ3v) is 2.37. The number of ether oxygens (including phenoxy) is 1. The van der Waals surface area contributed by atoms with Gasteiger partial charge in [0.05, 0.1) is 12.2 Å². The maximum absolute atomic E-state index is 5.93. The Morgan fingerprint density at radius 1 is 1.13 bits per heavy atom. The quantitative estimate of drug-likeness (QED) is 0.706. The smallest absolute Gasteiger partial charge is 0.0724 e. The predicted octanol–water partition coefficient (Wildman–Crippen LogP) is 4.03. The topological polar surface area (TPSA) is 9.23 Å². The summed E-state index contributed by atoms with van der Waals surface area (Å²) in [5, 5.41) is 0. The van der Waals surface area contributed by atoms with Crippen molar-refractivity contribution in [2.24, 2.45) is 5.92 Å². The molecule has 0 aliphatic carbocycles. The fourth-order valence-corrected chi connectivity index (χ4v) is 1.90. The van der Waals surface area contributed by atoms with Crippen LogP contribution in [0, 0.1) is 5.92 Å². The van der Waals surface area contributed by atoms with Gasteiger partial charge in [-0.15, -0.1) is 0 Å². The molecule has 84 valence electrons. The molecule has 0 radical (unpaired) electrons. The Morgan fingerprint density at radius 2 is 1.73 bits per heavy atom. The lowest BCUT2D eigenvalue weighted by atomic mass is 9.96. The van der Waals surface area contributed by atoms with Gasteiger partial charge in [-0.1, -0.05) is 44.2 Å². The van der Waals surface area contributed by atoms with Gasteiger partial charge in [0.15, 0.2) is 0 Å². The fourth-order valence-electron chi connectivity index (χ4n) is 1.90. The summed E-state index contributed by atoms with van der Waals surface area (Å²) in [6, 6.07) is 10.3. The average Bonchev–Trinajstić information content (AvgIpc) is 2.15. The summed E-state index contributed by atoms with van der Waals surface area (Å²) in [6.45, 7) is 9.49. The van der Waals surface area contributed by atoms with Crippen LogP contribution in [0.15, 0.2) is 30.3 Å². The van der Waals surface area contributed by atoms with Crippen LogP contribution in [0.5, 0.6) is 0 Å². The number of hydrogen-bond acceptors (Lipinski definition) is 1. The zero-order valence-electron chi connectivity index (χ0n) is 10.3. The molecule has 0 spiro atoms. The van der Waals surface area contributed by atoms with Crippen LogP contribution in [-0.2, 0) is 11.3 Å². The highest BCUT2D eigenvalue weighted by molar-refractivity contribution is 5.13. The molecule has 1 heteroatoms. The highest BCUT2D eigenvalue weighted by atomic mass is 16.5. The Bertz CT molecular complexity index is 275. The molecule has 1 aromatic carbocycles. The van der Waals surface area contributed by atoms with E-state index in [1.54, 1.807) is 0 Å². The van der Waals surface area contributed by atoms with Crippen LogP contribution in [0.3, 0.4) is 0 Å². The zero-order chi connectivity index (χ0) is 11.3. The third-order valence-electron chi connectivity index (χ3n) is 2.37. The second-order valence-corrected chi connectivity index (χ2v) is 5.13. The zero-order valence-corrected chi connectivity index (χ0v) is 10.3. The molecule has 0 saturated heterocycles. The van der Waals surface area contributed by atoms with Gasteiger partial charge in [0, 0.05) is 0 Å². The molecule has 1 rings (SSSR count). The molecule has 0 saturated carbocycles. The highest BCUT2D eigenvalue weighted by Crippen LogP contribution is 2.21. The molecule has 1 aromatic rings. The summed E-state index contributed by atoms with van der Waals surface area (Å²) in [5.74, 6) is 0.677. The van der Waals surface area contributed by atoms with Crippen LogP contribution in [-0.4, -0.2) is 5.60 Å². The van der Waals surface area contributed by atoms with Gasteiger partial charge in [0.25, 0.3) is 0 Å². The molecule has 0 N–H and O–H groups in total. The van der Waals surface area contributed by atoms with Gasteiger partial charge >= 0.3 is 0 Å². The minimum Gasteiger partial charge on any atom is -0.371 e. The van der Waals surface area contributed by atoms with E-state index < -0.39 is 0 Å². The van der Waals surface area contributed by atoms with Gasteiger partial charge in [0.2, 0.25) is 0 Å². The molecular weight excluding hydrogens is 184 g/mol. The normalized spacial score (nSPS) is 12.1. The minimum absolute atomic E-state index is 0.0238. The van der Waals surface area contributed by atoms with Crippen molar-refractivity contribution < 1.29 is 4.74 Å². The number of rotatable bonds is 5. The van der Waals surface area contributed by atoms with E-state index in [1.165, 1.54) is 5.56 Å². The Hall–Kier alpha value is -0.820. The Balaban J connectivity index is 2.42. The molecule has 0 heterocycles. The summed E-state index contributed by atoms with van der Waals surface area (Å²) in [7, 11) is 0. The van der Waals surface area contributed by atoms with E-state index in [4.69, 9.17) is 4.74 Å². The molecule has 0 unspecified atom stereocenters. The first-order chi connectivity index (χ1) is 6.99. The Morgan fingerprint density at radius 3 is 2.27 bits per heavy atom. The van der Waals surface area contributed by atoms with Gasteiger partial charge in [-0.2, -0.15) is 0 Å². The Labute approximate surface area is 93.5 Å². The van der Waals surface area contributed by atoms with Gasteiger partial charge in [-0.3, -0.25) is 0 Å². The van der Waals surface area contributed by atoms with Crippen molar-refractivity contribution in [3.63, 3.8) is 0 Å². The molecule has 0 aromatic heterocycles. The van der Waals surface area contributed by atoms with E-state index in [-0.39, 0.29) is 5.60 Å². The lowest BCUT2D eigenvalue weighted by Crippen LogP contribution is -2.26. The predicted molar refractivity (Wildman–Crippen MR) is 64.8 cm³/mol. The SMILES string of the molecule is CC(C)CC(C)(C)OCc1ccccc1. The molecule has 0 fully saturated rings. The van der Waals surface area contributed by atoms with Crippen molar-refractivity contribution in [2.75, 3.05) is 0 Å². The van der Waals surface area contributed by atoms with E-state index >= 15 is 0 Å². The minimum atomic E-state index is -0.0238. The summed E-state index contributed by atoms with van der Waals surface area (Å²) in [4.78, 5) is 0. The summed E-state index contributed by atoms with van der Waals surface area (Å²) in [5.41, 5.74) is 1.22. The second-order valence-electron chi connectivity index (χ2n) is 5.13. The Kier molecular flexibility index (Phi) is 4.34. The molecular formula is C14H22O. The lowest BCUT2D eigenvalue weighted by Gasteiger charge is -2.27. The van der Waals surface area contributed by atoms with Crippen LogP contribution < -0.4 is 0 Å². The largest absolute Gasteiger partial charge is 0.371 e. The van der Waals surface area contributed by atoms with E-state index in [9.17, 15) is 0 Å². The van der Waals surface area contributed by atoms with Crippen molar-refractivity contribution in [1.29, 1.82) is 0 Å². The first-order valence-corrected chi connectivity index (χ1v) is 5.67. The second kappa shape index (κ2) is 5.32. The van der Waals surface area contributed by atoms with Crippen LogP contribution in [0.1, 0.15) is 39.7 Å². The molecule has 0 atom stereocenters. The monoisotopic (exact) mass is 206 g/mol. The number of benzene rings is 1. The van der Waals surface area contributed by atoms with Crippen molar-refractivity contribution in [3.8, 4) is 0 Å². The molecule has 15 heavy (non-hydrogen) atoms. The lowest BCUT2D eigenvalue weighted by molar-refractivity contribution is -0.0424. The average molecular weight is 206 g/mol. The first kappa shape index (κ1) is 12.3. The van der Waals surface area contributed by atoms with E-state index in [1.807, 2.05) is 18.2 Å². The maximum Gasteiger partial charge on any atom is 0.0724 e. The third kappa shape index (κ3) is 4.98. The van der Waals surface area contributed by atoms with Crippen molar-refractivity contribution in [1.82, 2.24) is 0 Å². The van der Waals surface area contributed by atoms with Crippen LogP contribution in [0.25, 0.3) is 0 Å². The molecule has 0 aliphatic heterocycles. The van der Waals surface area contributed by atoms with Gasteiger partial charge < -0.3 is 4.74 Å². The van der Waals surface area contributed by atoms with Crippen molar-refractivity contribution in [3.05, 3.63) is 35.9 Å². The van der Waals surface area contributed by atoms with Crippen molar-refractivity contribution in [2.45, 2.75) is 46.3 Å². The van der Waals surface area contributed by atoms with Crippen LogP contribution >= 0.6 is 0 Å². The van der Waals surface area contributed by atoms with Gasteiger partial charge in [-0.25, -0.2) is 0 Å². The van der Waals surface area contributed by atoms with Crippen LogP contribution in [0.4, 0.5) is 0 Å². The molecule has 0 bridgehead atoms. The molecule has 0 aliphatic rings. The van der Waals surface area contributed by atoms with Gasteiger partial charge in [0.1, 0.15) is 0 Å². The fraction of sp³-hybridized carbons (Fsp3) is 0.571. The van der Waals surface area contributed by atoms with E-state index in [2.05, 4.69) is 39.8 Å².